The van der Waals surface area contributed by atoms with Crippen LogP contribution in [0.25, 0.3) is 0 Å². The van der Waals surface area contributed by atoms with Gasteiger partial charge in [0.05, 0.1) is 5.56 Å². The van der Waals surface area contributed by atoms with E-state index in [-0.39, 0.29) is 22.0 Å². The first-order valence-corrected chi connectivity index (χ1v) is 6.32. The monoisotopic (exact) mass is 289 g/mol. The van der Waals surface area contributed by atoms with Crippen molar-refractivity contribution in [2.45, 2.75) is 6.92 Å². The molecule has 1 aliphatic rings. The number of ketones is 1. The Hall–Kier alpha value is -2.20. The van der Waals surface area contributed by atoms with Crippen molar-refractivity contribution in [1.82, 2.24) is 0 Å². The van der Waals surface area contributed by atoms with Crippen LogP contribution in [0.2, 0.25) is 5.02 Å². The fraction of sp³-hybridized carbons (Fsp3) is 0.0667. The quantitative estimate of drug-likeness (QED) is 0.594. The number of hydrogen-bond acceptors (Lipinski definition) is 2. The zero-order valence-electron chi connectivity index (χ0n) is 10.5. The lowest BCUT2D eigenvalue weighted by atomic mass is 10.0. The van der Waals surface area contributed by atoms with Crippen molar-refractivity contribution in [3.63, 3.8) is 0 Å². The highest BCUT2D eigenvalue weighted by Crippen LogP contribution is 2.33. The molecule has 2 aromatic carbocycles. The fourth-order valence-electron chi connectivity index (χ4n) is 2.24. The second-order valence-corrected chi connectivity index (χ2v) is 5.06. The Kier molecular flexibility index (Phi) is 2.83. The lowest BCUT2D eigenvalue weighted by Gasteiger charge is -2.03. The van der Waals surface area contributed by atoms with Gasteiger partial charge < -0.3 is 5.21 Å². The maximum absolute atomic E-state index is 13.8. The molecule has 1 aliphatic heterocycles. The molecule has 0 aromatic heterocycles. The van der Waals surface area contributed by atoms with Crippen LogP contribution in [0.4, 0.5) is 10.1 Å². The first-order valence-electron chi connectivity index (χ1n) is 5.94. The van der Waals surface area contributed by atoms with Gasteiger partial charge in [0, 0.05) is 5.02 Å². The van der Waals surface area contributed by atoms with Crippen LogP contribution in [0.5, 0.6) is 0 Å². The van der Waals surface area contributed by atoms with Crippen LogP contribution < -0.4 is 0 Å². The van der Waals surface area contributed by atoms with Crippen molar-refractivity contribution in [2.24, 2.45) is 0 Å². The van der Waals surface area contributed by atoms with Gasteiger partial charge in [-0.05, 0) is 31.2 Å². The molecule has 0 radical (unpaired) electrons. The second-order valence-electron chi connectivity index (χ2n) is 4.62. The molecule has 3 nitrogen and oxygen atoms in total. The van der Waals surface area contributed by atoms with Crippen LogP contribution in [0.1, 0.15) is 21.5 Å². The third-order valence-corrected chi connectivity index (χ3v) is 3.44. The van der Waals surface area contributed by atoms with Gasteiger partial charge in [-0.3, -0.25) is 4.79 Å². The number of hydrogen-bond donors (Lipinski definition) is 0. The number of halogens is 2. The molecule has 0 atom stereocenters. The van der Waals surface area contributed by atoms with E-state index < -0.39 is 11.6 Å². The Labute approximate surface area is 119 Å². The molecular formula is C15H9ClFNO2. The van der Waals surface area contributed by atoms with Gasteiger partial charge in [0.1, 0.15) is 5.56 Å². The molecule has 0 aliphatic carbocycles. The van der Waals surface area contributed by atoms with E-state index in [0.717, 1.165) is 11.6 Å². The van der Waals surface area contributed by atoms with Crippen molar-refractivity contribution in [2.75, 3.05) is 0 Å². The van der Waals surface area contributed by atoms with Crippen LogP contribution in [0.15, 0.2) is 36.4 Å². The molecular weight excluding hydrogens is 281 g/mol. The van der Waals surface area contributed by atoms with Gasteiger partial charge >= 0.3 is 0 Å². The molecule has 0 unspecified atom stereocenters. The molecule has 100 valence electrons. The number of rotatable bonds is 1. The number of nitrogens with zero attached hydrogens (tertiary/aromatic N) is 1. The van der Waals surface area contributed by atoms with E-state index in [9.17, 15) is 14.4 Å². The highest BCUT2D eigenvalue weighted by Gasteiger charge is 2.39. The van der Waals surface area contributed by atoms with Crippen LogP contribution >= 0.6 is 11.6 Å². The molecule has 0 bridgehead atoms. The predicted octanol–water partition coefficient (Wildman–Crippen LogP) is 3.61. The minimum absolute atomic E-state index is 0.000532. The highest BCUT2D eigenvalue weighted by atomic mass is 35.5. The summed E-state index contributed by atoms with van der Waals surface area (Å²) in [5.41, 5.74) is 1.11. The summed E-state index contributed by atoms with van der Waals surface area (Å²) < 4.78 is 14.2. The Bertz CT molecular complexity index is 766. The van der Waals surface area contributed by atoms with Gasteiger partial charge in [0.15, 0.2) is 5.82 Å². The van der Waals surface area contributed by atoms with Gasteiger partial charge in [-0.25, -0.2) is 0 Å². The van der Waals surface area contributed by atoms with Crippen molar-refractivity contribution in [3.8, 4) is 0 Å². The van der Waals surface area contributed by atoms with E-state index in [4.69, 9.17) is 11.6 Å². The van der Waals surface area contributed by atoms with Gasteiger partial charge in [-0.2, -0.15) is 9.13 Å². The predicted molar refractivity (Wildman–Crippen MR) is 74.3 cm³/mol. The van der Waals surface area contributed by atoms with E-state index in [2.05, 4.69) is 0 Å². The van der Waals surface area contributed by atoms with E-state index in [1.165, 1.54) is 6.07 Å². The standard InChI is InChI=1S/C15H9ClFNO2/c1-8-2-4-9(5-3-8)13-15(19)11-6-10(16)7-12(17)14(11)18(13)20/h2-7H,1H3. The summed E-state index contributed by atoms with van der Waals surface area (Å²) in [5, 5.41) is 12.3. The molecule has 0 N–H and O–H groups in total. The zero-order chi connectivity index (χ0) is 14.4. The maximum atomic E-state index is 13.8. The normalized spacial score (nSPS) is 13.8. The Balaban J connectivity index is 2.22. The zero-order valence-corrected chi connectivity index (χ0v) is 11.2. The Morgan fingerprint density at radius 2 is 1.85 bits per heavy atom. The van der Waals surface area contributed by atoms with Gasteiger partial charge in [0.25, 0.3) is 17.2 Å². The van der Waals surface area contributed by atoms with Crippen LogP contribution in [-0.4, -0.2) is 16.2 Å². The van der Waals surface area contributed by atoms with Gasteiger partial charge in [-0.1, -0.05) is 29.3 Å². The molecule has 5 heteroatoms. The number of benzene rings is 2. The smallest absolute Gasteiger partial charge is 0.273 e. The first-order chi connectivity index (χ1) is 9.49. The SMILES string of the molecule is Cc1ccc(C2=[N+]([O-])c3c(F)cc(Cl)cc3C2=O)cc1. The van der Waals surface area contributed by atoms with Gasteiger partial charge in [-0.15, -0.1) is 0 Å². The Morgan fingerprint density at radius 1 is 1.20 bits per heavy atom. The van der Waals surface area contributed by atoms with Crippen LogP contribution in [-0.2, 0) is 0 Å². The third kappa shape index (κ3) is 1.80. The molecule has 0 amide bonds. The van der Waals surface area contributed by atoms with Crippen LogP contribution in [0.3, 0.4) is 0 Å². The average Bonchev–Trinajstić information content (AvgIpc) is 2.63. The summed E-state index contributed by atoms with van der Waals surface area (Å²) in [6.45, 7) is 1.90. The molecule has 0 spiro atoms. The molecule has 20 heavy (non-hydrogen) atoms. The molecule has 3 rings (SSSR count). The molecule has 0 saturated carbocycles. The molecule has 0 saturated heterocycles. The summed E-state index contributed by atoms with van der Waals surface area (Å²) in [5.74, 6) is -1.31. The minimum atomic E-state index is -0.794. The average molecular weight is 290 g/mol. The Morgan fingerprint density at radius 3 is 2.50 bits per heavy atom. The molecule has 1 heterocycles. The maximum Gasteiger partial charge on any atom is 0.273 e. The van der Waals surface area contributed by atoms with Crippen molar-refractivity contribution in [1.29, 1.82) is 0 Å². The van der Waals surface area contributed by atoms with Crippen LogP contribution in [0, 0.1) is 17.9 Å². The van der Waals surface area contributed by atoms with Crippen molar-refractivity contribution < 1.29 is 13.9 Å². The number of aryl methyl sites for hydroxylation is 1. The topological polar surface area (TPSA) is 43.1 Å². The minimum Gasteiger partial charge on any atom is -0.618 e. The van der Waals surface area contributed by atoms with Gasteiger partial charge in [0.2, 0.25) is 0 Å². The van der Waals surface area contributed by atoms with E-state index in [1.54, 1.807) is 24.3 Å². The summed E-state index contributed by atoms with van der Waals surface area (Å²) in [7, 11) is 0. The largest absolute Gasteiger partial charge is 0.618 e. The lowest BCUT2D eigenvalue weighted by molar-refractivity contribution is -0.358. The summed E-state index contributed by atoms with van der Waals surface area (Å²) in [6.07, 6.45) is 0. The summed E-state index contributed by atoms with van der Waals surface area (Å²) in [4.78, 5) is 12.3. The van der Waals surface area contributed by atoms with E-state index in [1.807, 2.05) is 6.92 Å². The summed E-state index contributed by atoms with van der Waals surface area (Å²) >= 11 is 5.73. The number of carbonyl (C=O) groups is 1. The number of fused-ring (bicyclic) bond motifs is 1. The first kappa shape index (κ1) is 12.8. The molecule has 0 fully saturated rings. The molecule has 2 aromatic rings. The highest BCUT2D eigenvalue weighted by molar-refractivity contribution is 6.52. The summed E-state index contributed by atoms with van der Waals surface area (Å²) in [6, 6.07) is 9.24. The van der Waals surface area contributed by atoms with Crippen molar-refractivity contribution in [3.05, 3.63) is 69.1 Å². The van der Waals surface area contributed by atoms with E-state index in [0.29, 0.717) is 10.3 Å². The second kappa shape index (κ2) is 4.42. The van der Waals surface area contributed by atoms with Crippen molar-refractivity contribution >= 4 is 28.8 Å². The number of carbonyl (C=O) groups excluding carboxylic acids is 1. The number of Topliss-reactive ketones (excluding diaryl/α,β-unsaturated/α-hetero) is 1. The lowest BCUT2D eigenvalue weighted by Crippen LogP contribution is -2.16. The fourth-order valence-corrected chi connectivity index (χ4v) is 2.44. The van der Waals surface area contributed by atoms with E-state index >= 15 is 0 Å². The third-order valence-electron chi connectivity index (χ3n) is 3.22.